The van der Waals surface area contributed by atoms with E-state index in [0.29, 0.717) is 18.0 Å². The highest BCUT2D eigenvalue weighted by Gasteiger charge is 2.18. The number of hydrogen-bond acceptors (Lipinski definition) is 3. The first-order valence-corrected chi connectivity index (χ1v) is 9.06. The van der Waals surface area contributed by atoms with E-state index in [2.05, 4.69) is 10.6 Å². The monoisotopic (exact) mass is 370 g/mol. The van der Waals surface area contributed by atoms with Crippen LogP contribution in [0.15, 0.2) is 42.5 Å². The Bertz CT molecular complexity index is 805. The van der Waals surface area contributed by atoms with E-state index in [1.807, 2.05) is 51.1 Å². The van der Waals surface area contributed by atoms with Gasteiger partial charge in [-0.2, -0.15) is 0 Å². The molecule has 0 heterocycles. The molecule has 0 aliphatic rings. The number of para-hydroxylation sites is 2. The predicted octanol–water partition coefficient (Wildman–Crippen LogP) is 1.79. The molecule has 3 N–H and O–H groups in total. The summed E-state index contributed by atoms with van der Waals surface area (Å²) in [7, 11) is 1.56. The van der Waals surface area contributed by atoms with Crippen molar-refractivity contribution in [3.05, 3.63) is 53.6 Å². The third-order valence-electron chi connectivity index (χ3n) is 4.37. The van der Waals surface area contributed by atoms with Crippen molar-refractivity contribution in [2.24, 2.45) is 0 Å². The fourth-order valence-corrected chi connectivity index (χ4v) is 2.77. The number of carbonyl (C=O) groups is 2. The Balaban J connectivity index is 1.93. The average Bonchev–Trinajstić information content (AvgIpc) is 2.64. The highest BCUT2D eigenvalue weighted by atomic mass is 16.5. The molecule has 0 aromatic heterocycles. The summed E-state index contributed by atoms with van der Waals surface area (Å²) in [6.07, 6.45) is 0. The molecule has 0 bridgehead atoms. The summed E-state index contributed by atoms with van der Waals surface area (Å²) in [6, 6.07) is 13.2. The zero-order valence-corrected chi connectivity index (χ0v) is 16.4. The Morgan fingerprint density at radius 1 is 0.963 bits per heavy atom. The molecule has 1 atom stereocenters. The number of ether oxygens (including phenoxy) is 1. The Morgan fingerprint density at radius 2 is 1.59 bits per heavy atom. The second-order valence-corrected chi connectivity index (χ2v) is 6.57. The molecule has 2 amide bonds. The van der Waals surface area contributed by atoms with Gasteiger partial charge in [0.05, 0.1) is 19.3 Å². The second-order valence-electron chi connectivity index (χ2n) is 6.57. The summed E-state index contributed by atoms with van der Waals surface area (Å²) >= 11 is 0. The molecule has 0 spiro atoms. The maximum Gasteiger partial charge on any atom is 0.279 e. The molecule has 6 nitrogen and oxygen atoms in total. The van der Waals surface area contributed by atoms with Crippen LogP contribution in [0.3, 0.4) is 0 Å². The average molecular weight is 370 g/mol. The molecular weight excluding hydrogens is 342 g/mol. The molecule has 0 radical (unpaired) electrons. The molecule has 1 unspecified atom stereocenters. The van der Waals surface area contributed by atoms with Gasteiger partial charge in [0.2, 0.25) is 0 Å². The van der Waals surface area contributed by atoms with Crippen molar-refractivity contribution in [2.75, 3.05) is 37.4 Å². The van der Waals surface area contributed by atoms with Crippen LogP contribution < -0.4 is 20.3 Å². The molecule has 2 aromatic rings. The van der Waals surface area contributed by atoms with Gasteiger partial charge in [0, 0.05) is 5.69 Å². The van der Waals surface area contributed by atoms with E-state index in [1.54, 1.807) is 19.2 Å². The number of amides is 2. The van der Waals surface area contributed by atoms with Gasteiger partial charge in [0.25, 0.3) is 11.8 Å². The lowest BCUT2D eigenvalue weighted by Crippen LogP contribution is -3.13. The highest BCUT2D eigenvalue weighted by Crippen LogP contribution is 2.22. The van der Waals surface area contributed by atoms with Crippen molar-refractivity contribution in [2.45, 2.75) is 20.8 Å². The molecule has 2 rings (SSSR count). The Hall–Kier alpha value is -2.86. The fourth-order valence-electron chi connectivity index (χ4n) is 2.77. The number of benzene rings is 2. The number of likely N-dealkylation sites (N-methyl/N-ethyl adjacent to an activating group) is 1. The summed E-state index contributed by atoms with van der Waals surface area (Å²) in [5, 5.41) is 5.79. The van der Waals surface area contributed by atoms with Gasteiger partial charge in [0.15, 0.2) is 13.1 Å². The van der Waals surface area contributed by atoms with Crippen LogP contribution in [0.25, 0.3) is 0 Å². The molecular formula is C21H28N3O3+. The Labute approximate surface area is 160 Å². The zero-order chi connectivity index (χ0) is 19.8. The van der Waals surface area contributed by atoms with Gasteiger partial charge in [-0.05, 0) is 50.1 Å². The van der Waals surface area contributed by atoms with Gasteiger partial charge >= 0.3 is 0 Å². The largest absolute Gasteiger partial charge is 0.495 e. The van der Waals surface area contributed by atoms with Crippen LogP contribution in [0.2, 0.25) is 0 Å². The summed E-state index contributed by atoms with van der Waals surface area (Å²) < 4.78 is 5.24. The number of rotatable bonds is 8. The van der Waals surface area contributed by atoms with Gasteiger partial charge in [-0.15, -0.1) is 0 Å². The van der Waals surface area contributed by atoms with Crippen LogP contribution in [0.1, 0.15) is 18.1 Å². The lowest BCUT2D eigenvalue weighted by molar-refractivity contribution is -0.881. The van der Waals surface area contributed by atoms with Gasteiger partial charge < -0.3 is 20.3 Å². The van der Waals surface area contributed by atoms with E-state index in [0.717, 1.165) is 21.7 Å². The summed E-state index contributed by atoms with van der Waals surface area (Å²) in [6.45, 7) is 7.00. The first kappa shape index (κ1) is 20.5. The third-order valence-corrected chi connectivity index (χ3v) is 4.37. The van der Waals surface area contributed by atoms with E-state index in [9.17, 15) is 9.59 Å². The third kappa shape index (κ3) is 6.11. The lowest BCUT2D eigenvalue weighted by Gasteiger charge is -2.18. The smallest absolute Gasteiger partial charge is 0.279 e. The number of hydrogen-bond donors (Lipinski definition) is 3. The minimum absolute atomic E-state index is 0.106. The number of nitrogens with one attached hydrogen (secondary N) is 3. The summed E-state index contributed by atoms with van der Waals surface area (Å²) in [5.74, 6) is 0.345. The molecule has 0 saturated heterocycles. The molecule has 144 valence electrons. The topological polar surface area (TPSA) is 71.9 Å². The van der Waals surface area contributed by atoms with E-state index in [4.69, 9.17) is 4.74 Å². The number of carbonyl (C=O) groups excluding carboxylic acids is 2. The van der Waals surface area contributed by atoms with Crippen LogP contribution in [-0.4, -0.2) is 38.6 Å². The zero-order valence-electron chi connectivity index (χ0n) is 16.4. The van der Waals surface area contributed by atoms with E-state index < -0.39 is 0 Å². The minimum atomic E-state index is -0.157. The molecule has 0 aliphatic carbocycles. The van der Waals surface area contributed by atoms with Crippen molar-refractivity contribution in [3.8, 4) is 5.75 Å². The van der Waals surface area contributed by atoms with Gasteiger partial charge in [0.1, 0.15) is 5.75 Å². The number of anilines is 2. The maximum absolute atomic E-state index is 12.4. The van der Waals surface area contributed by atoms with Crippen molar-refractivity contribution in [1.82, 2.24) is 0 Å². The van der Waals surface area contributed by atoms with Gasteiger partial charge in [-0.3, -0.25) is 9.59 Å². The first-order valence-electron chi connectivity index (χ1n) is 9.06. The molecule has 6 heteroatoms. The first-order chi connectivity index (χ1) is 12.9. The van der Waals surface area contributed by atoms with Crippen molar-refractivity contribution >= 4 is 23.2 Å². The van der Waals surface area contributed by atoms with Gasteiger partial charge in [-0.25, -0.2) is 0 Å². The van der Waals surface area contributed by atoms with Crippen LogP contribution >= 0.6 is 0 Å². The van der Waals surface area contributed by atoms with Crippen LogP contribution in [0.5, 0.6) is 5.75 Å². The SMILES string of the molecule is CC[NH+](CC(=O)Nc1cc(C)ccc1C)CC(=O)Nc1ccccc1OC. The lowest BCUT2D eigenvalue weighted by atomic mass is 10.1. The molecule has 2 aromatic carbocycles. The van der Waals surface area contributed by atoms with Crippen LogP contribution in [0.4, 0.5) is 11.4 Å². The second kappa shape index (κ2) is 9.73. The van der Waals surface area contributed by atoms with Crippen LogP contribution in [0, 0.1) is 13.8 Å². The standard InChI is InChI=1S/C21H27N3O3/c1-5-24(13-20(25)22-17-8-6-7-9-19(17)27-4)14-21(26)23-18-12-15(2)10-11-16(18)3/h6-12H,5,13-14H2,1-4H3,(H,22,25)(H,23,26)/p+1. The number of methoxy groups -OCH3 is 1. The summed E-state index contributed by atoms with van der Waals surface area (Å²) in [4.78, 5) is 25.7. The van der Waals surface area contributed by atoms with E-state index in [-0.39, 0.29) is 24.9 Å². The normalized spacial score (nSPS) is 11.6. The molecule has 0 saturated carbocycles. The minimum Gasteiger partial charge on any atom is -0.495 e. The Kier molecular flexibility index (Phi) is 7.37. The number of quaternary nitrogens is 1. The molecule has 0 fully saturated rings. The van der Waals surface area contributed by atoms with E-state index >= 15 is 0 Å². The summed E-state index contributed by atoms with van der Waals surface area (Å²) in [5.41, 5.74) is 3.54. The predicted molar refractivity (Wildman–Crippen MR) is 107 cm³/mol. The highest BCUT2D eigenvalue weighted by molar-refractivity contribution is 5.94. The maximum atomic E-state index is 12.4. The number of aryl methyl sites for hydroxylation is 2. The quantitative estimate of drug-likeness (QED) is 0.663. The molecule has 27 heavy (non-hydrogen) atoms. The van der Waals surface area contributed by atoms with Gasteiger partial charge in [-0.1, -0.05) is 24.3 Å². The van der Waals surface area contributed by atoms with Crippen LogP contribution in [-0.2, 0) is 9.59 Å². The van der Waals surface area contributed by atoms with E-state index in [1.165, 1.54) is 0 Å². The van der Waals surface area contributed by atoms with Crippen molar-refractivity contribution < 1.29 is 19.2 Å². The van der Waals surface area contributed by atoms with Crippen molar-refractivity contribution in [3.63, 3.8) is 0 Å². The van der Waals surface area contributed by atoms with Crippen molar-refractivity contribution in [1.29, 1.82) is 0 Å². The Morgan fingerprint density at radius 3 is 2.22 bits per heavy atom. The molecule has 0 aliphatic heterocycles. The fraction of sp³-hybridized carbons (Fsp3) is 0.333.